The number of nitriles is 1. The number of nitrogens with one attached hydrogen (secondary N) is 1. The molecule has 2 aromatic rings. The third-order valence-corrected chi connectivity index (χ3v) is 3.91. The SMILES string of the molecule is COc1ccc(CNC2CCc3cc(C#N)ccc32)cn1. The summed E-state index contributed by atoms with van der Waals surface area (Å²) in [6.45, 7) is 0.779. The Kier molecular flexibility index (Phi) is 3.85. The number of hydrogen-bond donors (Lipinski definition) is 1. The van der Waals surface area contributed by atoms with Gasteiger partial charge < -0.3 is 10.1 Å². The second-order valence-corrected chi connectivity index (χ2v) is 5.21. The average Bonchev–Trinajstić information content (AvgIpc) is 2.95. The van der Waals surface area contributed by atoms with Crippen molar-refractivity contribution in [2.24, 2.45) is 0 Å². The van der Waals surface area contributed by atoms with Gasteiger partial charge in [-0.25, -0.2) is 4.98 Å². The molecule has 0 saturated carbocycles. The molecule has 1 aliphatic rings. The van der Waals surface area contributed by atoms with E-state index in [2.05, 4.69) is 22.4 Å². The molecule has 1 aromatic heterocycles. The number of ether oxygens (including phenoxy) is 1. The van der Waals surface area contributed by atoms with E-state index in [0.717, 1.165) is 30.5 Å². The van der Waals surface area contributed by atoms with Gasteiger partial charge in [-0.3, -0.25) is 0 Å². The number of aromatic nitrogens is 1. The van der Waals surface area contributed by atoms with Crippen LogP contribution in [0.15, 0.2) is 36.5 Å². The molecule has 0 spiro atoms. The highest BCUT2D eigenvalue weighted by atomic mass is 16.5. The predicted molar refractivity (Wildman–Crippen MR) is 79.8 cm³/mol. The van der Waals surface area contributed by atoms with E-state index < -0.39 is 0 Å². The minimum Gasteiger partial charge on any atom is -0.481 e. The Morgan fingerprint density at radius 1 is 1.38 bits per heavy atom. The molecule has 1 atom stereocenters. The first-order chi connectivity index (χ1) is 10.3. The van der Waals surface area contributed by atoms with Gasteiger partial charge in [0.25, 0.3) is 0 Å². The first-order valence-corrected chi connectivity index (χ1v) is 7.05. The van der Waals surface area contributed by atoms with Crippen LogP contribution in [0.3, 0.4) is 0 Å². The third-order valence-electron chi connectivity index (χ3n) is 3.91. The van der Waals surface area contributed by atoms with E-state index in [1.807, 2.05) is 30.5 Å². The molecular formula is C17H17N3O. The van der Waals surface area contributed by atoms with E-state index in [9.17, 15) is 0 Å². The van der Waals surface area contributed by atoms with E-state index in [1.165, 1.54) is 11.1 Å². The van der Waals surface area contributed by atoms with Crippen molar-refractivity contribution in [2.75, 3.05) is 7.11 Å². The summed E-state index contributed by atoms with van der Waals surface area (Å²) < 4.78 is 5.06. The standard InChI is InChI=1S/C17H17N3O/c1-21-17-7-3-13(11-20-17)10-19-16-6-4-14-8-12(9-18)2-5-15(14)16/h2-3,5,7-8,11,16,19H,4,6,10H2,1H3. The number of pyridine rings is 1. The second kappa shape index (κ2) is 5.94. The Labute approximate surface area is 124 Å². The van der Waals surface area contributed by atoms with Gasteiger partial charge in [0.2, 0.25) is 5.88 Å². The number of fused-ring (bicyclic) bond motifs is 1. The number of nitrogens with zero attached hydrogens (tertiary/aromatic N) is 2. The zero-order chi connectivity index (χ0) is 14.7. The third kappa shape index (κ3) is 2.88. The molecule has 0 aliphatic heterocycles. The predicted octanol–water partition coefficient (Wildman–Crippen LogP) is 2.74. The number of aryl methyl sites for hydroxylation is 1. The average molecular weight is 279 g/mol. The van der Waals surface area contributed by atoms with Gasteiger partial charge in [-0.2, -0.15) is 5.26 Å². The fourth-order valence-electron chi connectivity index (χ4n) is 2.78. The van der Waals surface area contributed by atoms with E-state index in [0.29, 0.717) is 11.9 Å². The fourth-order valence-corrected chi connectivity index (χ4v) is 2.78. The Hall–Kier alpha value is -2.38. The number of benzene rings is 1. The molecule has 0 radical (unpaired) electrons. The van der Waals surface area contributed by atoms with E-state index in [4.69, 9.17) is 10.00 Å². The number of rotatable bonds is 4. The van der Waals surface area contributed by atoms with Crippen LogP contribution in [0.2, 0.25) is 0 Å². The minimum atomic E-state index is 0.356. The molecule has 106 valence electrons. The van der Waals surface area contributed by atoms with Crippen LogP contribution < -0.4 is 10.1 Å². The molecule has 0 bridgehead atoms. The molecule has 0 fully saturated rings. The van der Waals surface area contributed by atoms with E-state index in [-0.39, 0.29) is 0 Å². The molecule has 1 aromatic carbocycles. The summed E-state index contributed by atoms with van der Waals surface area (Å²) in [4.78, 5) is 4.21. The number of methoxy groups -OCH3 is 1. The molecule has 1 N–H and O–H groups in total. The Morgan fingerprint density at radius 3 is 3.00 bits per heavy atom. The van der Waals surface area contributed by atoms with Gasteiger partial charge in [-0.1, -0.05) is 12.1 Å². The summed E-state index contributed by atoms with van der Waals surface area (Å²) in [7, 11) is 1.62. The van der Waals surface area contributed by atoms with E-state index >= 15 is 0 Å². The van der Waals surface area contributed by atoms with Crippen LogP contribution in [0.25, 0.3) is 0 Å². The minimum absolute atomic E-state index is 0.356. The van der Waals surface area contributed by atoms with Gasteiger partial charge in [-0.05, 0) is 41.7 Å². The van der Waals surface area contributed by atoms with Crippen LogP contribution in [-0.4, -0.2) is 12.1 Å². The van der Waals surface area contributed by atoms with Crippen molar-refractivity contribution >= 4 is 0 Å². The highest BCUT2D eigenvalue weighted by molar-refractivity contribution is 5.42. The van der Waals surface area contributed by atoms with Gasteiger partial charge in [0.15, 0.2) is 0 Å². The first-order valence-electron chi connectivity index (χ1n) is 7.05. The summed E-state index contributed by atoms with van der Waals surface area (Å²) in [5.74, 6) is 0.633. The van der Waals surface area contributed by atoms with Crippen molar-refractivity contribution in [1.29, 1.82) is 5.26 Å². The molecule has 4 nitrogen and oxygen atoms in total. The lowest BCUT2D eigenvalue weighted by atomic mass is 10.1. The quantitative estimate of drug-likeness (QED) is 0.935. The molecule has 3 rings (SSSR count). The van der Waals surface area contributed by atoms with Crippen LogP contribution in [0.4, 0.5) is 0 Å². The maximum atomic E-state index is 8.95. The normalized spacial score (nSPS) is 16.3. The molecule has 0 amide bonds. The van der Waals surface area contributed by atoms with Gasteiger partial charge in [0, 0.05) is 24.8 Å². The fraction of sp³-hybridized carbons (Fsp3) is 0.294. The van der Waals surface area contributed by atoms with Crippen molar-refractivity contribution < 1.29 is 4.74 Å². The summed E-state index contributed by atoms with van der Waals surface area (Å²) in [6.07, 6.45) is 3.94. The van der Waals surface area contributed by atoms with E-state index in [1.54, 1.807) is 7.11 Å². The Morgan fingerprint density at radius 2 is 2.29 bits per heavy atom. The maximum Gasteiger partial charge on any atom is 0.212 e. The molecule has 1 aliphatic carbocycles. The van der Waals surface area contributed by atoms with Crippen molar-refractivity contribution in [1.82, 2.24) is 10.3 Å². The lowest BCUT2D eigenvalue weighted by Gasteiger charge is -2.14. The topological polar surface area (TPSA) is 57.9 Å². The van der Waals surface area contributed by atoms with Gasteiger partial charge in [0.1, 0.15) is 0 Å². The summed E-state index contributed by atoms with van der Waals surface area (Å²) >= 11 is 0. The van der Waals surface area contributed by atoms with Gasteiger partial charge in [-0.15, -0.1) is 0 Å². The maximum absolute atomic E-state index is 8.95. The summed E-state index contributed by atoms with van der Waals surface area (Å²) in [5, 5.41) is 12.5. The molecule has 1 unspecified atom stereocenters. The van der Waals surface area contributed by atoms with Crippen molar-refractivity contribution in [2.45, 2.75) is 25.4 Å². The van der Waals surface area contributed by atoms with Crippen LogP contribution in [0, 0.1) is 11.3 Å². The Bertz CT molecular complexity index is 673. The highest BCUT2D eigenvalue weighted by Crippen LogP contribution is 2.31. The van der Waals surface area contributed by atoms with Crippen molar-refractivity contribution in [3.05, 3.63) is 58.8 Å². The molecule has 1 heterocycles. The number of hydrogen-bond acceptors (Lipinski definition) is 4. The first kappa shape index (κ1) is 13.6. The van der Waals surface area contributed by atoms with Crippen LogP contribution >= 0.6 is 0 Å². The van der Waals surface area contributed by atoms with Crippen LogP contribution in [-0.2, 0) is 13.0 Å². The van der Waals surface area contributed by atoms with Gasteiger partial charge in [0.05, 0.1) is 18.7 Å². The largest absolute Gasteiger partial charge is 0.481 e. The highest BCUT2D eigenvalue weighted by Gasteiger charge is 2.22. The van der Waals surface area contributed by atoms with Crippen LogP contribution in [0.1, 0.15) is 34.7 Å². The monoisotopic (exact) mass is 279 g/mol. The lowest BCUT2D eigenvalue weighted by Crippen LogP contribution is -2.18. The smallest absolute Gasteiger partial charge is 0.212 e. The van der Waals surface area contributed by atoms with Crippen LogP contribution in [0.5, 0.6) is 5.88 Å². The molecular weight excluding hydrogens is 262 g/mol. The van der Waals surface area contributed by atoms with Crippen molar-refractivity contribution in [3.63, 3.8) is 0 Å². The van der Waals surface area contributed by atoms with Crippen molar-refractivity contribution in [3.8, 4) is 11.9 Å². The Balaban J connectivity index is 1.66. The zero-order valence-electron chi connectivity index (χ0n) is 12.0. The van der Waals surface area contributed by atoms with Gasteiger partial charge >= 0.3 is 0 Å². The molecule has 4 heteroatoms. The molecule has 0 saturated heterocycles. The lowest BCUT2D eigenvalue weighted by molar-refractivity contribution is 0.397. The molecule has 21 heavy (non-hydrogen) atoms. The zero-order valence-corrected chi connectivity index (χ0v) is 12.0. The summed E-state index contributed by atoms with van der Waals surface area (Å²) in [6, 6.07) is 12.4. The summed E-state index contributed by atoms with van der Waals surface area (Å²) in [5.41, 5.74) is 4.49. The second-order valence-electron chi connectivity index (χ2n) is 5.21.